The van der Waals surface area contributed by atoms with E-state index in [1.807, 2.05) is 14.1 Å². The summed E-state index contributed by atoms with van der Waals surface area (Å²) in [6.45, 7) is -4.75. The molecule has 0 saturated carbocycles. The summed E-state index contributed by atoms with van der Waals surface area (Å²) < 4.78 is 116. The number of hydrogen-bond donors (Lipinski definition) is 12. The number of nitrogens with one attached hydrogen (secondary N) is 3. The maximum absolute atomic E-state index is 11.5. The average Bonchev–Trinajstić information content (AvgIpc) is 3.24. The van der Waals surface area contributed by atoms with E-state index in [-0.39, 0.29) is 6.04 Å². The first-order valence-corrected chi connectivity index (χ1v) is 30.1. The predicted octanol–water partition coefficient (Wildman–Crippen LogP) is -0.0846. The van der Waals surface area contributed by atoms with Gasteiger partial charge >= 0.3 is 8.80 Å². The van der Waals surface area contributed by atoms with Crippen molar-refractivity contribution in [3.05, 3.63) is 0 Å². The van der Waals surface area contributed by atoms with Crippen molar-refractivity contribution in [2.45, 2.75) is 132 Å². The van der Waals surface area contributed by atoms with Crippen LogP contribution in [0.25, 0.3) is 0 Å². The lowest BCUT2D eigenvalue weighted by atomic mass is 10.0. The second-order valence-corrected chi connectivity index (χ2v) is 25.9. The van der Waals surface area contributed by atoms with Crippen LogP contribution in [-0.2, 0) is 43.6 Å². The highest BCUT2D eigenvalue weighted by Gasteiger charge is 2.48. The van der Waals surface area contributed by atoms with Crippen molar-refractivity contribution in [3.8, 4) is 0 Å². The van der Waals surface area contributed by atoms with Crippen LogP contribution in [-0.4, -0.2) is 223 Å². The van der Waals surface area contributed by atoms with Gasteiger partial charge < -0.3 is 64.4 Å². The van der Waals surface area contributed by atoms with E-state index in [2.05, 4.69) is 22.9 Å². The molecule has 0 radical (unpaired) electrons. The second-order valence-electron chi connectivity index (χ2n) is 18.4. The minimum absolute atomic E-state index is 0.0542. The van der Waals surface area contributed by atoms with Crippen molar-refractivity contribution in [2.75, 3.05) is 124 Å². The lowest BCUT2D eigenvalue weighted by Crippen LogP contribution is -2.64. The molecule has 0 aliphatic rings. The van der Waals surface area contributed by atoms with Gasteiger partial charge in [0.15, 0.2) is 0 Å². The van der Waals surface area contributed by atoms with E-state index in [0.29, 0.717) is 17.4 Å². The molecule has 0 aromatic carbocycles. The number of rotatable bonds is 47. The van der Waals surface area contributed by atoms with Gasteiger partial charge in [-0.2, -0.15) is 25.3 Å². The molecular weight excluding hydrogens is 949 g/mol. The van der Waals surface area contributed by atoms with Crippen LogP contribution in [0.4, 0.5) is 0 Å². The molecule has 398 valence electrons. The summed E-state index contributed by atoms with van der Waals surface area (Å²) in [7, 11) is -13.8. The van der Waals surface area contributed by atoms with Crippen molar-refractivity contribution in [1.29, 1.82) is 0 Å². The van der Waals surface area contributed by atoms with Crippen LogP contribution in [0.5, 0.6) is 0 Å². The molecule has 0 amide bonds. The summed E-state index contributed by atoms with van der Waals surface area (Å²) in [5.74, 6) is -2.40. The first-order chi connectivity index (χ1) is 30.9. The van der Waals surface area contributed by atoms with E-state index in [1.165, 1.54) is 77.0 Å². The third kappa shape index (κ3) is 31.6. The molecule has 0 aliphatic carbocycles. The molecule has 0 fully saturated rings. The van der Waals surface area contributed by atoms with Crippen LogP contribution in [0.15, 0.2) is 0 Å². The number of hydrogen-bond acceptors (Lipinski definition) is 18. The third-order valence-electron chi connectivity index (χ3n) is 11.7. The van der Waals surface area contributed by atoms with Gasteiger partial charge in [0.1, 0.15) is 0 Å². The zero-order valence-electron chi connectivity index (χ0n) is 39.9. The summed E-state index contributed by atoms with van der Waals surface area (Å²) in [5.41, 5.74) is -5.34. The highest BCUT2D eigenvalue weighted by Crippen LogP contribution is 2.26. The van der Waals surface area contributed by atoms with Crippen LogP contribution in [0.3, 0.4) is 0 Å². The Hall–Kier alpha value is -0.573. The molecule has 22 nitrogen and oxygen atoms in total. The number of aliphatic hydroxyl groups excluding tert-OH is 6. The summed E-state index contributed by atoms with van der Waals surface area (Å²) in [4.78, 5) is 0. The van der Waals surface area contributed by atoms with Gasteiger partial charge in [0.25, 0.3) is 30.4 Å². The van der Waals surface area contributed by atoms with Crippen LogP contribution in [0, 0.1) is 0 Å². The van der Waals surface area contributed by atoms with Gasteiger partial charge in [-0.05, 0) is 12.8 Å². The second kappa shape index (κ2) is 33.9. The van der Waals surface area contributed by atoms with Crippen LogP contribution < -0.4 is 16.0 Å². The molecule has 0 spiro atoms. The Morgan fingerprint density at radius 2 is 0.697 bits per heavy atom. The lowest BCUT2D eigenvalue weighted by Gasteiger charge is -2.41. The zero-order valence-corrected chi connectivity index (χ0v) is 43.4. The Bertz CT molecular complexity index is 1430. The molecule has 0 atom stereocenters. The summed E-state index contributed by atoms with van der Waals surface area (Å²) >= 11 is 0. The molecule has 0 bridgehead atoms. The van der Waals surface area contributed by atoms with E-state index < -0.39 is 152 Å². The Kier molecular flexibility index (Phi) is 33.6. The van der Waals surface area contributed by atoms with Crippen molar-refractivity contribution in [3.63, 3.8) is 0 Å². The highest BCUT2D eigenvalue weighted by molar-refractivity contribution is 7.86. The van der Waals surface area contributed by atoms with Crippen molar-refractivity contribution in [2.24, 2.45) is 0 Å². The van der Waals surface area contributed by atoms with Crippen LogP contribution >= 0.6 is 0 Å². The van der Waals surface area contributed by atoms with Gasteiger partial charge in [0, 0.05) is 32.1 Å². The number of quaternary nitrogens is 1. The number of unbranched alkanes of at least 4 members (excludes halogenated alkanes) is 14. The predicted molar refractivity (Wildman–Crippen MR) is 254 cm³/mol. The van der Waals surface area contributed by atoms with Gasteiger partial charge in [-0.25, -0.2) is 0 Å². The highest BCUT2D eigenvalue weighted by atomic mass is 32.2. The SMILES string of the molecule is CCCCCCCCCCCCCCCCC[N+](C)(C)CCC[Si](OCC(CO)(CO)NCCS(=O)(=O)O)(OCC(CO)(CO)NCCS(=O)(=O)O)OCC(CO)(CO)NCCS(=O)(=O)O. The molecule has 0 unspecified atom stereocenters. The molecule has 0 aliphatic heterocycles. The molecular formula is C40H89N4O18S3Si+. The van der Waals surface area contributed by atoms with Gasteiger partial charge in [-0.1, -0.05) is 90.4 Å². The van der Waals surface area contributed by atoms with Crippen molar-refractivity contribution < 1.29 is 87.3 Å². The van der Waals surface area contributed by atoms with Gasteiger partial charge in [-0.3, -0.25) is 13.7 Å². The van der Waals surface area contributed by atoms with E-state index >= 15 is 0 Å². The number of nitrogens with zero attached hydrogens (tertiary/aromatic N) is 1. The zero-order chi connectivity index (χ0) is 50.3. The molecule has 0 aromatic rings. The monoisotopic (exact) mass is 1040 g/mol. The maximum atomic E-state index is 11.5. The fourth-order valence-corrected chi connectivity index (χ4v) is 10.9. The largest absolute Gasteiger partial charge is 0.501 e. The Morgan fingerprint density at radius 1 is 0.439 bits per heavy atom. The average molecular weight is 1040 g/mol. The molecule has 26 heteroatoms. The molecule has 12 N–H and O–H groups in total. The Balaban J connectivity index is 6.37. The van der Waals surface area contributed by atoms with Crippen molar-refractivity contribution in [1.82, 2.24) is 16.0 Å². The summed E-state index contributed by atoms with van der Waals surface area (Å²) in [6.07, 6.45) is 18.8. The third-order valence-corrected chi connectivity index (χ3v) is 16.6. The quantitative estimate of drug-likeness (QED) is 0.0164. The van der Waals surface area contributed by atoms with E-state index in [9.17, 15) is 69.6 Å². The molecule has 66 heavy (non-hydrogen) atoms. The van der Waals surface area contributed by atoms with Crippen LogP contribution in [0.1, 0.15) is 110 Å². The van der Waals surface area contributed by atoms with E-state index in [4.69, 9.17) is 13.3 Å². The molecule has 0 rings (SSSR count). The summed E-state index contributed by atoms with van der Waals surface area (Å²) in [5, 5.41) is 70.7. The van der Waals surface area contributed by atoms with Gasteiger partial charge in [0.05, 0.1) is 121 Å². The first kappa shape index (κ1) is 65.4. The molecule has 0 heterocycles. The topological polar surface area (TPSA) is 348 Å². The van der Waals surface area contributed by atoms with Crippen LogP contribution in [0.2, 0.25) is 6.04 Å². The fraction of sp³-hybridized carbons (Fsp3) is 1.00. The number of aliphatic hydroxyl groups is 6. The summed E-state index contributed by atoms with van der Waals surface area (Å²) in [6, 6.07) is -0.0542. The Morgan fingerprint density at radius 3 is 0.955 bits per heavy atom. The minimum atomic E-state index is -4.47. The smallest absolute Gasteiger partial charge is 0.394 e. The maximum Gasteiger partial charge on any atom is 0.501 e. The van der Waals surface area contributed by atoms with Crippen molar-refractivity contribution >= 4 is 39.2 Å². The standard InChI is InChI=1S/C40H88N4O18S3Si/c1-4-5-6-7-8-9-10-11-12-13-14-15-16-17-18-23-44(2,3)24-19-28-66(60-35-38(29-45,30-46)41-20-25-63(51,52)53,61-36-39(31-47,32-48)42-21-26-64(54,55)56)62-37-40(33-49,34-50)43-22-27-65(57,58)59/h41-43,45-50H,4-37H2,1-3H3,(H2-,51,52,53,54,55,56,57,58,59)/p+1. The minimum Gasteiger partial charge on any atom is -0.394 e. The van der Waals surface area contributed by atoms with Gasteiger partial charge in [-0.15, -0.1) is 0 Å². The van der Waals surface area contributed by atoms with Gasteiger partial charge in [0.2, 0.25) is 0 Å². The fourth-order valence-electron chi connectivity index (χ4n) is 7.08. The normalized spacial score (nSPS) is 13.8. The molecule has 0 saturated heterocycles. The Labute approximate surface area is 396 Å². The lowest BCUT2D eigenvalue weighted by molar-refractivity contribution is -0.890. The van der Waals surface area contributed by atoms with E-state index in [1.54, 1.807) is 0 Å². The molecule has 0 aromatic heterocycles. The van der Waals surface area contributed by atoms with E-state index in [0.717, 1.165) is 25.8 Å². The first-order valence-electron chi connectivity index (χ1n) is 23.4.